The summed E-state index contributed by atoms with van der Waals surface area (Å²) in [5.41, 5.74) is 8.15. The molecule has 1 aromatic carbocycles. The van der Waals surface area contributed by atoms with Gasteiger partial charge in [-0.05, 0) is 5.56 Å². The lowest BCUT2D eigenvalue weighted by Gasteiger charge is -2.31. The second-order valence-corrected chi connectivity index (χ2v) is 6.30. The Kier molecular flexibility index (Phi) is 4.98. The summed E-state index contributed by atoms with van der Waals surface area (Å²) in [7, 11) is 0. The third-order valence-corrected chi connectivity index (χ3v) is 4.57. The number of nitrogens with zero attached hydrogens (tertiary/aromatic N) is 2. The van der Waals surface area contributed by atoms with Crippen molar-refractivity contribution in [3.63, 3.8) is 0 Å². The molecule has 1 aliphatic heterocycles. The summed E-state index contributed by atoms with van der Waals surface area (Å²) in [6, 6.07) is 10.5. The summed E-state index contributed by atoms with van der Waals surface area (Å²) in [5.74, 6) is 0. The minimum atomic E-state index is 0.168. The number of nitrogens with two attached hydrogens (primary N) is 1. The van der Waals surface area contributed by atoms with Crippen molar-refractivity contribution in [2.24, 2.45) is 5.73 Å². The molecule has 1 atom stereocenters. The summed E-state index contributed by atoms with van der Waals surface area (Å²) < 4.78 is 5.59. The van der Waals surface area contributed by atoms with E-state index in [-0.39, 0.29) is 6.10 Å². The first-order valence-corrected chi connectivity index (χ1v) is 8.22. The van der Waals surface area contributed by atoms with Crippen molar-refractivity contribution in [1.29, 1.82) is 0 Å². The van der Waals surface area contributed by atoms with Crippen molar-refractivity contribution in [3.05, 3.63) is 52.0 Å². The van der Waals surface area contributed by atoms with Gasteiger partial charge in [-0.2, -0.15) is 0 Å². The topological polar surface area (TPSA) is 51.4 Å². The Morgan fingerprint density at radius 1 is 1.33 bits per heavy atom. The molecular formula is C16H21N3OS. The molecule has 1 fully saturated rings. The highest BCUT2D eigenvalue weighted by molar-refractivity contribution is 7.09. The number of ether oxygens (including phenoxy) is 1. The minimum Gasteiger partial charge on any atom is -0.374 e. The fraction of sp³-hybridized carbons (Fsp3) is 0.438. The number of benzene rings is 1. The third kappa shape index (κ3) is 4.11. The average Bonchev–Trinajstić information content (AvgIpc) is 2.95. The van der Waals surface area contributed by atoms with E-state index in [0.29, 0.717) is 6.54 Å². The van der Waals surface area contributed by atoms with E-state index in [1.54, 1.807) is 11.3 Å². The highest BCUT2D eigenvalue weighted by Crippen LogP contribution is 2.17. The van der Waals surface area contributed by atoms with E-state index in [1.165, 1.54) is 10.6 Å². The third-order valence-electron chi connectivity index (χ3n) is 3.67. The van der Waals surface area contributed by atoms with Crippen LogP contribution in [0.4, 0.5) is 0 Å². The number of hydrogen-bond donors (Lipinski definition) is 1. The molecule has 0 bridgehead atoms. The van der Waals surface area contributed by atoms with Gasteiger partial charge >= 0.3 is 0 Å². The molecule has 1 saturated heterocycles. The van der Waals surface area contributed by atoms with Crippen LogP contribution in [-0.4, -0.2) is 42.2 Å². The van der Waals surface area contributed by atoms with Crippen LogP contribution < -0.4 is 5.73 Å². The lowest BCUT2D eigenvalue weighted by Crippen LogP contribution is -2.45. The van der Waals surface area contributed by atoms with Crippen molar-refractivity contribution >= 4 is 11.3 Å². The molecular weight excluding hydrogens is 282 g/mol. The van der Waals surface area contributed by atoms with Crippen LogP contribution in [0, 0.1) is 0 Å². The zero-order valence-electron chi connectivity index (χ0n) is 12.1. The van der Waals surface area contributed by atoms with Crippen molar-refractivity contribution in [2.75, 3.05) is 26.2 Å². The highest BCUT2D eigenvalue weighted by Gasteiger charge is 2.19. The summed E-state index contributed by atoms with van der Waals surface area (Å²) in [6.07, 6.45) is 1.08. The second-order valence-electron chi connectivity index (χ2n) is 5.36. The molecule has 0 amide bonds. The predicted molar refractivity (Wildman–Crippen MR) is 85.4 cm³/mol. The predicted octanol–water partition coefficient (Wildman–Crippen LogP) is 1.89. The van der Waals surface area contributed by atoms with Gasteiger partial charge in [-0.3, -0.25) is 4.90 Å². The Labute approximate surface area is 129 Å². The van der Waals surface area contributed by atoms with E-state index in [2.05, 4.69) is 34.5 Å². The average molecular weight is 303 g/mol. The first kappa shape index (κ1) is 14.7. The Bertz CT molecular complexity index is 558. The fourth-order valence-electron chi connectivity index (χ4n) is 2.57. The fourth-order valence-corrected chi connectivity index (χ4v) is 3.39. The van der Waals surface area contributed by atoms with Crippen LogP contribution in [0.2, 0.25) is 0 Å². The second kappa shape index (κ2) is 7.13. The van der Waals surface area contributed by atoms with E-state index in [0.717, 1.165) is 38.4 Å². The lowest BCUT2D eigenvalue weighted by molar-refractivity contribution is -0.0263. The van der Waals surface area contributed by atoms with E-state index >= 15 is 0 Å². The quantitative estimate of drug-likeness (QED) is 0.916. The van der Waals surface area contributed by atoms with Gasteiger partial charge in [0.25, 0.3) is 0 Å². The first-order valence-electron chi connectivity index (χ1n) is 7.34. The molecule has 5 heteroatoms. The number of aromatic nitrogens is 1. The molecule has 0 saturated carbocycles. The minimum absolute atomic E-state index is 0.168. The van der Waals surface area contributed by atoms with Crippen LogP contribution in [0.1, 0.15) is 16.3 Å². The van der Waals surface area contributed by atoms with Crippen LogP contribution >= 0.6 is 11.3 Å². The Morgan fingerprint density at radius 3 is 3.00 bits per heavy atom. The van der Waals surface area contributed by atoms with Crippen LogP contribution in [0.25, 0.3) is 0 Å². The van der Waals surface area contributed by atoms with Crippen molar-refractivity contribution in [1.82, 2.24) is 9.88 Å². The van der Waals surface area contributed by atoms with Crippen molar-refractivity contribution in [3.8, 4) is 0 Å². The smallest absolute Gasteiger partial charge is 0.0972 e. The van der Waals surface area contributed by atoms with Crippen LogP contribution in [0.15, 0.2) is 35.7 Å². The normalized spacial score (nSPS) is 19.8. The van der Waals surface area contributed by atoms with Crippen LogP contribution in [0.5, 0.6) is 0 Å². The largest absolute Gasteiger partial charge is 0.374 e. The maximum Gasteiger partial charge on any atom is 0.0972 e. The van der Waals surface area contributed by atoms with E-state index in [9.17, 15) is 0 Å². The zero-order valence-corrected chi connectivity index (χ0v) is 12.9. The van der Waals surface area contributed by atoms with Gasteiger partial charge in [0.2, 0.25) is 0 Å². The number of rotatable bonds is 5. The number of morpholine rings is 1. The van der Waals surface area contributed by atoms with Gasteiger partial charge in [-0.1, -0.05) is 30.3 Å². The number of thiazole rings is 1. The Balaban J connectivity index is 1.57. The maximum absolute atomic E-state index is 5.68. The standard InChI is InChI=1S/C16H21N3OS/c17-9-15-11-19(6-7-20-15)10-14-12-21-16(18-14)8-13-4-2-1-3-5-13/h1-5,12,15H,6-11,17H2. The molecule has 1 aromatic heterocycles. The lowest BCUT2D eigenvalue weighted by atomic mass is 10.2. The summed E-state index contributed by atoms with van der Waals surface area (Å²) in [4.78, 5) is 7.13. The zero-order chi connectivity index (χ0) is 14.5. The van der Waals surface area contributed by atoms with Gasteiger partial charge in [-0.25, -0.2) is 4.98 Å². The molecule has 4 nitrogen and oxygen atoms in total. The van der Waals surface area contributed by atoms with Crippen LogP contribution in [-0.2, 0) is 17.7 Å². The molecule has 1 unspecified atom stereocenters. The van der Waals surface area contributed by atoms with Gasteiger partial charge in [0, 0.05) is 38.0 Å². The van der Waals surface area contributed by atoms with Crippen molar-refractivity contribution < 1.29 is 4.74 Å². The maximum atomic E-state index is 5.68. The molecule has 0 radical (unpaired) electrons. The molecule has 0 spiro atoms. The summed E-state index contributed by atoms with van der Waals surface area (Å²) >= 11 is 1.75. The van der Waals surface area contributed by atoms with Gasteiger partial charge in [0.1, 0.15) is 0 Å². The molecule has 112 valence electrons. The molecule has 3 rings (SSSR count). The Hall–Kier alpha value is -1.27. The van der Waals surface area contributed by atoms with E-state index < -0.39 is 0 Å². The SMILES string of the molecule is NCC1CN(Cc2csc(Cc3ccccc3)n2)CCO1. The summed E-state index contributed by atoms with van der Waals surface area (Å²) in [6.45, 7) is 4.12. The van der Waals surface area contributed by atoms with Gasteiger partial charge in [0.15, 0.2) is 0 Å². The number of hydrogen-bond acceptors (Lipinski definition) is 5. The summed E-state index contributed by atoms with van der Waals surface area (Å²) in [5, 5.41) is 3.35. The Morgan fingerprint density at radius 2 is 2.19 bits per heavy atom. The van der Waals surface area contributed by atoms with Gasteiger partial charge < -0.3 is 10.5 Å². The molecule has 1 aliphatic rings. The van der Waals surface area contributed by atoms with E-state index in [1.807, 2.05) is 6.07 Å². The monoisotopic (exact) mass is 303 g/mol. The van der Waals surface area contributed by atoms with Gasteiger partial charge in [0.05, 0.1) is 23.4 Å². The molecule has 2 N–H and O–H groups in total. The van der Waals surface area contributed by atoms with Crippen LogP contribution in [0.3, 0.4) is 0 Å². The van der Waals surface area contributed by atoms with E-state index in [4.69, 9.17) is 15.5 Å². The van der Waals surface area contributed by atoms with Crippen molar-refractivity contribution in [2.45, 2.75) is 19.1 Å². The highest BCUT2D eigenvalue weighted by atomic mass is 32.1. The first-order chi connectivity index (χ1) is 10.3. The van der Waals surface area contributed by atoms with Gasteiger partial charge in [-0.15, -0.1) is 11.3 Å². The molecule has 21 heavy (non-hydrogen) atoms. The molecule has 2 aromatic rings. The molecule has 2 heterocycles. The molecule has 0 aliphatic carbocycles.